The van der Waals surface area contributed by atoms with Crippen LogP contribution in [0.2, 0.25) is 0 Å². The first-order valence-electron chi connectivity index (χ1n) is 7.39. The highest BCUT2D eigenvalue weighted by molar-refractivity contribution is 7.89. The first-order valence-corrected chi connectivity index (χ1v) is 8.88. The summed E-state index contributed by atoms with van der Waals surface area (Å²) in [6.07, 6.45) is 3.00. The van der Waals surface area contributed by atoms with Crippen LogP contribution in [-0.4, -0.2) is 41.6 Å². The third-order valence-corrected chi connectivity index (χ3v) is 5.30. The molecule has 1 saturated heterocycles. The maximum absolute atomic E-state index is 12.9. The second kappa shape index (κ2) is 6.33. The predicted octanol–water partition coefficient (Wildman–Crippen LogP) is 0.639. The molecule has 2 heterocycles. The Kier molecular flexibility index (Phi) is 4.37. The second-order valence-electron chi connectivity index (χ2n) is 5.70. The van der Waals surface area contributed by atoms with Crippen molar-refractivity contribution in [2.75, 3.05) is 6.54 Å². The second-order valence-corrected chi connectivity index (χ2v) is 7.41. The number of aromatic nitrogens is 2. The summed E-state index contributed by atoms with van der Waals surface area (Å²) in [4.78, 5) is 14.0. The van der Waals surface area contributed by atoms with Gasteiger partial charge in [0.05, 0.1) is 6.20 Å². The van der Waals surface area contributed by atoms with Crippen LogP contribution in [-0.2, 0) is 28.4 Å². The van der Waals surface area contributed by atoms with Gasteiger partial charge in [-0.25, -0.2) is 12.8 Å². The third-order valence-electron chi connectivity index (χ3n) is 3.87. The molecule has 1 unspecified atom stereocenters. The Balaban J connectivity index is 1.66. The van der Waals surface area contributed by atoms with E-state index in [9.17, 15) is 17.6 Å². The van der Waals surface area contributed by atoms with Crippen molar-refractivity contribution in [3.63, 3.8) is 0 Å². The summed E-state index contributed by atoms with van der Waals surface area (Å²) in [6.45, 7) is 0.765. The maximum atomic E-state index is 12.9. The zero-order valence-corrected chi connectivity index (χ0v) is 13.8. The molecule has 3 rings (SSSR count). The van der Waals surface area contributed by atoms with Gasteiger partial charge >= 0.3 is 0 Å². The smallest absolute Gasteiger partial charge is 0.244 e. The van der Waals surface area contributed by atoms with E-state index in [2.05, 4.69) is 9.82 Å². The quantitative estimate of drug-likeness (QED) is 0.856. The number of carbonyl (C=O) groups excluding carboxylic acids is 1. The fourth-order valence-corrected chi connectivity index (χ4v) is 3.81. The summed E-state index contributed by atoms with van der Waals surface area (Å²) in [7, 11) is -2.17. The Morgan fingerprint density at radius 3 is 2.67 bits per heavy atom. The Morgan fingerprint density at radius 2 is 2.04 bits per heavy atom. The van der Waals surface area contributed by atoms with E-state index in [1.165, 1.54) is 29.2 Å². The van der Waals surface area contributed by atoms with Crippen molar-refractivity contribution in [1.29, 1.82) is 0 Å². The van der Waals surface area contributed by atoms with Gasteiger partial charge in [-0.1, -0.05) is 12.1 Å². The highest BCUT2D eigenvalue weighted by Crippen LogP contribution is 2.18. The number of benzene rings is 1. The number of sulfonamides is 1. The summed E-state index contributed by atoms with van der Waals surface area (Å²) in [6, 6.07) is 5.08. The van der Waals surface area contributed by atoms with Gasteiger partial charge in [-0.3, -0.25) is 9.48 Å². The summed E-state index contributed by atoms with van der Waals surface area (Å²) in [5.41, 5.74) is 0.792. The molecule has 1 atom stereocenters. The van der Waals surface area contributed by atoms with Crippen molar-refractivity contribution in [3.05, 3.63) is 48.0 Å². The van der Waals surface area contributed by atoms with Gasteiger partial charge in [0.15, 0.2) is 0 Å². The summed E-state index contributed by atoms with van der Waals surface area (Å²) < 4.78 is 41.3. The van der Waals surface area contributed by atoms with E-state index < -0.39 is 16.1 Å². The van der Waals surface area contributed by atoms with Crippen molar-refractivity contribution in [1.82, 2.24) is 19.4 Å². The molecule has 1 amide bonds. The number of hydrogen-bond donors (Lipinski definition) is 1. The van der Waals surface area contributed by atoms with Gasteiger partial charge in [-0.15, -0.1) is 0 Å². The first-order chi connectivity index (χ1) is 11.3. The molecule has 1 aliphatic rings. The van der Waals surface area contributed by atoms with Gasteiger partial charge in [0, 0.05) is 26.3 Å². The Morgan fingerprint density at radius 1 is 1.33 bits per heavy atom. The van der Waals surface area contributed by atoms with Crippen molar-refractivity contribution < 1.29 is 17.6 Å². The Hall–Kier alpha value is -2.26. The number of nitrogens with one attached hydrogen (secondary N) is 1. The average Bonchev–Trinajstić information content (AvgIpc) is 3.11. The molecule has 0 bridgehead atoms. The molecule has 24 heavy (non-hydrogen) atoms. The van der Waals surface area contributed by atoms with Crippen LogP contribution in [0.3, 0.4) is 0 Å². The van der Waals surface area contributed by atoms with Crippen LogP contribution in [0, 0.1) is 5.82 Å². The molecule has 128 valence electrons. The van der Waals surface area contributed by atoms with Gasteiger partial charge in [0.2, 0.25) is 15.9 Å². The van der Waals surface area contributed by atoms with Crippen LogP contribution < -0.4 is 4.72 Å². The minimum atomic E-state index is -3.79. The van der Waals surface area contributed by atoms with Gasteiger partial charge in [0.1, 0.15) is 16.8 Å². The molecule has 7 nitrogen and oxygen atoms in total. The lowest BCUT2D eigenvalue weighted by Gasteiger charge is -2.17. The van der Waals surface area contributed by atoms with E-state index in [-0.39, 0.29) is 16.6 Å². The zero-order valence-electron chi connectivity index (χ0n) is 13.0. The summed E-state index contributed by atoms with van der Waals surface area (Å²) in [5.74, 6) is -0.625. The van der Waals surface area contributed by atoms with Gasteiger partial charge in [0.25, 0.3) is 0 Å². The number of aryl methyl sites for hydroxylation is 1. The van der Waals surface area contributed by atoms with E-state index in [0.717, 1.165) is 5.56 Å². The average molecular weight is 352 g/mol. The van der Waals surface area contributed by atoms with Crippen LogP contribution in [0.5, 0.6) is 0 Å². The molecular weight excluding hydrogens is 335 g/mol. The number of carbonyl (C=O) groups is 1. The largest absolute Gasteiger partial charge is 0.337 e. The predicted molar refractivity (Wildman–Crippen MR) is 83.8 cm³/mol. The number of likely N-dealkylation sites (tertiary alicyclic amines) is 1. The first kappa shape index (κ1) is 16.6. The van der Waals surface area contributed by atoms with Gasteiger partial charge in [-0.05, 0) is 24.1 Å². The lowest BCUT2D eigenvalue weighted by atomic mass is 10.2. The van der Waals surface area contributed by atoms with Crippen molar-refractivity contribution >= 4 is 15.9 Å². The SMILES string of the molecule is Cn1cc(S(=O)(=O)NC2CCN(Cc3ccc(F)cc3)C2=O)cn1. The monoisotopic (exact) mass is 352 g/mol. The zero-order chi connectivity index (χ0) is 17.3. The van der Waals surface area contributed by atoms with Gasteiger partial charge < -0.3 is 4.90 Å². The van der Waals surface area contributed by atoms with Crippen molar-refractivity contribution in [2.45, 2.75) is 23.9 Å². The van der Waals surface area contributed by atoms with Crippen molar-refractivity contribution in [3.8, 4) is 0 Å². The molecule has 0 aliphatic carbocycles. The standard InChI is InChI=1S/C15H17FN4O3S/c1-19-10-13(8-17-19)24(22,23)18-14-6-7-20(15(14)21)9-11-2-4-12(16)5-3-11/h2-5,8,10,14,18H,6-7,9H2,1H3. The Labute approximate surface area is 139 Å². The molecule has 1 N–H and O–H groups in total. The molecule has 1 aromatic heterocycles. The van der Waals surface area contributed by atoms with Gasteiger partial charge in [-0.2, -0.15) is 9.82 Å². The summed E-state index contributed by atoms with van der Waals surface area (Å²) in [5, 5.41) is 3.83. The van der Waals surface area contributed by atoms with E-state index in [4.69, 9.17) is 0 Å². The minimum absolute atomic E-state index is 0.0229. The van der Waals surface area contributed by atoms with Crippen molar-refractivity contribution in [2.24, 2.45) is 7.05 Å². The van der Waals surface area contributed by atoms with E-state index in [1.54, 1.807) is 24.1 Å². The molecule has 0 radical (unpaired) electrons. The van der Waals surface area contributed by atoms with E-state index in [1.807, 2.05) is 0 Å². The topological polar surface area (TPSA) is 84.3 Å². The Bertz CT molecular complexity index is 848. The number of nitrogens with zero attached hydrogens (tertiary/aromatic N) is 3. The molecule has 1 fully saturated rings. The molecule has 9 heteroatoms. The van der Waals surface area contributed by atoms with Crippen LogP contribution in [0.1, 0.15) is 12.0 Å². The number of rotatable bonds is 5. The van der Waals surface area contributed by atoms with E-state index >= 15 is 0 Å². The normalized spacial score (nSPS) is 18.3. The highest BCUT2D eigenvalue weighted by atomic mass is 32.2. The summed E-state index contributed by atoms with van der Waals surface area (Å²) >= 11 is 0. The minimum Gasteiger partial charge on any atom is -0.337 e. The molecule has 1 aromatic carbocycles. The van der Waals surface area contributed by atoms with Crippen LogP contribution in [0.25, 0.3) is 0 Å². The van der Waals surface area contributed by atoms with E-state index in [0.29, 0.717) is 19.5 Å². The van der Waals surface area contributed by atoms with Crippen LogP contribution in [0.15, 0.2) is 41.6 Å². The molecule has 0 saturated carbocycles. The maximum Gasteiger partial charge on any atom is 0.244 e. The lowest BCUT2D eigenvalue weighted by Crippen LogP contribution is -2.41. The highest BCUT2D eigenvalue weighted by Gasteiger charge is 2.35. The molecule has 2 aromatic rings. The van der Waals surface area contributed by atoms with Crippen LogP contribution in [0.4, 0.5) is 4.39 Å². The fourth-order valence-electron chi connectivity index (χ4n) is 2.61. The number of halogens is 1. The molecule has 0 spiro atoms. The van der Waals surface area contributed by atoms with Crippen LogP contribution >= 0.6 is 0 Å². The number of amides is 1. The molecule has 1 aliphatic heterocycles. The molecular formula is C15H17FN4O3S. The fraction of sp³-hybridized carbons (Fsp3) is 0.333. The number of hydrogen-bond acceptors (Lipinski definition) is 4. The lowest BCUT2D eigenvalue weighted by molar-refractivity contribution is -0.129. The third kappa shape index (κ3) is 3.46.